The van der Waals surface area contributed by atoms with Gasteiger partial charge in [0.1, 0.15) is 5.60 Å². The third kappa shape index (κ3) is 3.87. The van der Waals surface area contributed by atoms with E-state index in [1.807, 2.05) is 0 Å². The summed E-state index contributed by atoms with van der Waals surface area (Å²) in [6.45, 7) is 6.75. The second kappa shape index (κ2) is 5.83. The largest absolute Gasteiger partial charge is 0.481 e. The lowest BCUT2D eigenvalue weighted by molar-refractivity contribution is -0.153. The molecule has 0 bridgehead atoms. The number of hydrogen-bond donors (Lipinski definition) is 3. The van der Waals surface area contributed by atoms with Crippen LogP contribution >= 0.6 is 0 Å². The number of nitrogens with one attached hydrogen (secondary N) is 2. The highest BCUT2D eigenvalue weighted by atomic mass is 16.6. The smallest absolute Gasteiger partial charge is 0.407 e. The molecule has 6 heteroatoms. The number of ether oxygens (including phenoxy) is 1. The number of amides is 1. The van der Waals surface area contributed by atoms with Crippen molar-refractivity contribution < 1.29 is 19.4 Å². The summed E-state index contributed by atoms with van der Waals surface area (Å²) in [5.41, 5.74) is -1.45. The minimum absolute atomic E-state index is 0.256. The second-order valence-corrected chi connectivity index (χ2v) is 7.17. The van der Waals surface area contributed by atoms with Crippen molar-refractivity contribution in [1.82, 2.24) is 10.6 Å². The molecular weight excluding hydrogens is 272 g/mol. The fourth-order valence-electron chi connectivity index (χ4n) is 3.10. The molecule has 2 fully saturated rings. The number of carboxylic acid groups (broad SMARTS) is 1. The molecule has 0 spiro atoms. The van der Waals surface area contributed by atoms with E-state index in [2.05, 4.69) is 10.6 Å². The maximum atomic E-state index is 12.1. The van der Waals surface area contributed by atoms with E-state index < -0.39 is 23.1 Å². The zero-order valence-corrected chi connectivity index (χ0v) is 13.1. The Kier molecular flexibility index (Phi) is 4.46. The molecule has 0 unspecified atom stereocenters. The van der Waals surface area contributed by atoms with E-state index >= 15 is 0 Å². The van der Waals surface area contributed by atoms with Crippen LogP contribution in [0.1, 0.15) is 46.5 Å². The van der Waals surface area contributed by atoms with Crippen molar-refractivity contribution in [3.05, 3.63) is 0 Å². The monoisotopic (exact) mass is 298 g/mol. The molecule has 6 nitrogen and oxygen atoms in total. The third-order valence-corrected chi connectivity index (χ3v) is 4.28. The summed E-state index contributed by atoms with van der Waals surface area (Å²) in [4.78, 5) is 24.0. The number of carbonyl (C=O) groups is 2. The first-order chi connectivity index (χ1) is 9.74. The van der Waals surface area contributed by atoms with Gasteiger partial charge in [-0.15, -0.1) is 0 Å². The zero-order chi connectivity index (χ0) is 15.7. The lowest BCUT2D eigenvalue weighted by Gasteiger charge is -2.41. The number of hydrogen-bond acceptors (Lipinski definition) is 4. The van der Waals surface area contributed by atoms with Crippen molar-refractivity contribution in [1.29, 1.82) is 0 Å². The van der Waals surface area contributed by atoms with Crippen molar-refractivity contribution in [2.24, 2.45) is 11.3 Å². The molecule has 1 aliphatic carbocycles. The van der Waals surface area contributed by atoms with Gasteiger partial charge in [-0.2, -0.15) is 0 Å². The van der Waals surface area contributed by atoms with E-state index in [0.717, 1.165) is 12.8 Å². The average molecular weight is 298 g/mol. The van der Waals surface area contributed by atoms with Crippen LogP contribution in [0, 0.1) is 11.3 Å². The SMILES string of the molecule is CC(C)(C)OC(=O)N[C@@H](C1CC1)C1(C(=O)O)CCNCC1. The van der Waals surface area contributed by atoms with E-state index in [-0.39, 0.29) is 12.0 Å². The molecule has 1 saturated carbocycles. The van der Waals surface area contributed by atoms with Crippen molar-refractivity contribution in [2.75, 3.05) is 13.1 Å². The Morgan fingerprint density at radius 3 is 2.29 bits per heavy atom. The molecule has 0 radical (unpaired) electrons. The molecule has 1 atom stereocenters. The van der Waals surface area contributed by atoms with Crippen LogP contribution < -0.4 is 10.6 Å². The van der Waals surface area contributed by atoms with Gasteiger partial charge < -0.3 is 20.5 Å². The van der Waals surface area contributed by atoms with Gasteiger partial charge in [0, 0.05) is 0 Å². The molecule has 2 rings (SSSR count). The predicted molar refractivity (Wildman–Crippen MR) is 78.1 cm³/mol. The number of aliphatic carboxylic acids is 1. The van der Waals surface area contributed by atoms with Crippen LogP contribution in [-0.2, 0) is 9.53 Å². The van der Waals surface area contributed by atoms with Gasteiger partial charge in [0.15, 0.2) is 0 Å². The van der Waals surface area contributed by atoms with Crippen LogP contribution in [0.5, 0.6) is 0 Å². The van der Waals surface area contributed by atoms with Gasteiger partial charge in [-0.3, -0.25) is 4.79 Å². The number of piperidine rings is 1. The van der Waals surface area contributed by atoms with E-state index in [0.29, 0.717) is 25.9 Å². The molecule has 21 heavy (non-hydrogen) atoms. The first kappa shape index (κ1) is 16.1. The molecule has 1 amide bonds. The maximum absolute atomic E-state index is 12.1. The van der Waals surface area contributed by atoms with Crippen molar-refractivity contribution in [3.8, 4) is 0 Å². The van der Waals surface area contributed by atoms with Crippen LogP contribution in [0.2, 0.25) is 0 Å². The standard InChI is InChI=1S/C15H26N2O4/c1-14(2,3)21-13(20)17-11(10-4-5-10)15(12(18)19)6-8-16-9-7-15/h10-11,16H,4-9H2,1-3H3,(H,17,20)(H,18,19)/t11-/m0/s1. The quantitative estimate of drug-likeness (QED) is 0.736. The molecule has 3 N–H and O–H groups in total. The van der Waals surface area contributed by atoms with E-state index in [1.54, 1.807) is 20.8 Å². The van der Waals surface area contributed by atoms with E-state index in [4.69, 9.17) is 4.74 Å². The second-order valence-electron chi connectivity index (χ2n) is 7.17. The molecular formula is C15H26N2O4. The van der Waals surface area contributed by atoms with Crippen LogP contribution in [0.15, 0.2) is 0 Å². The fraction of sp³-hybridized carbons (Fsp3) is 0.867. The van der Waals surface area contributed by atoms with Crippen LogP contribution in [-0.4, -0.2) is 41.9 Å². The van der Waals surface area contributed by atoms with Crippen LogP contribution in [0.4, 0.5) is 4.79 Å². The third-order valence-electron chi connectivity index (χ3n) is 4.28. The molecule has 0 aromatic heterocycles. The summed E-state index contributed by atoms with van der Waals surface area (Å²) in [5.74, 6) is -0.552. The number of carbonyl (C=O) groups excluding carboxylic acids is 1. The summed E-state index contributed by atoms with van der Waals surface area (Å²) in [7, 11) is 0. The topological polar surface area (TPSA) is 87.7 Å². The normalized spacial score (nSPS) is 23.2. The van der Waals surface area contributed by atoms with Gasteiger partial charge in [0.05, 0.1) is 11.5 Å². The summed E-state index contributed by atoms with van der Waals surface area (Å²) in [6, 6.07) is -0.341. The summed E-state index contributed by atoms with van der Waals surface area (Å²) in [5, 5.41) is 15.8. The van der Waals surface area contributed by atoms with Gasteiger partial charge >= 0.3 is 12.1 Å². The van der Waals surface area contributed by atoms with E-state index in [1.165, 1.54) is 0 Å². The molecule has 1 heterocycles. The van der Waals surface area contributed by atoms with Crippen LogP contribution in [0.25, 0.3) is 0 Å². The highest BCUT2D eigenvalue weighted by Gasteiger charge is 2.53. The minimum Gasteiger partial charge on any atom is -0.481 e. The van der Waals surface area contributed by atoms with E-state index in [9.17, 15) is 14.7 Å². The lowest BCUT2D eigenvalue weighted by Crippen LogP contribution is -2.57. The molecule has 120 valence electrons. The minimum atomic E-state index is -0.872. The molecule has 1 aliphatic heterocycles. The summed E-state index contributed by atoms with van der Waals surface area (Å²) < 4.78 is 5.30. The van der Waals surface area contributed by atoms with Crippen molar-refractivity contribution >= 4 is 12.1 Å². The first-order valence-electron chi connectivity index (χ1n) is 7.68. The Hall–Kier alpha value is -1.30. The molecule has 2 aliphatic rings. The fourth-order valence-corrected chi connectivity index (χ4v) is 3.10. The Morgan fingerprint density at radius 2 is 1.86 bits per heavy atom. The number of rotatable bonds is 4. The van der Waals surface area contributed by atoms with Gasteiger partial charge in [-0.1, -0.05) is 0 Å². The Bertz CT molecular complexity index is 406. The predicted octanol–water partition coefficient (Wildman–Crippen LogP) is 1.74. The number of alkyl carbamates (subject to hydrolysis) is 1. The lowest BCUT2D eigenvalue weighted by atomic mass is 9.71. The Morgan fingerprint density at radius 1 is 1.29 bits per heavy atom. The van der Waals surface area contributed by atoms with Gasteiger partial charge in [0.25, 0.3) is 0 Å². The summed E-state index contributed by atoms with van der Waals surface area (Å²) in [6.07, 6.45) is 2.52. The Balaban J connectivity index is 2.13. The number of carboxylic acids is 1. The maximum Gasteiger partial charge on any atom is 0.407 e. The molecule has 1 saturated heterocycles. The summed E-state index contributed by atoms with van der Waals surface area (Å²) >= 11 is 0. The Labute approximate surface area is 125 Å². The van der Waals surface area contributed by atoms with Gasteiger partial charge in [-0.25, -0.2) is 4.79 Å². The van der Waals surface area contributed by atoms with Crippen LogP contribution in [0.3, 0.4) is 0 Å². The molecule has 0 aromatic carbocycles. The average Bonchev–Trinajstić information content (AvgIpc) is 3.18. The van der Waals surface area contributed by atoms with Gasteiger partial charge in [0.2, 0.25) is 0 Å². The highest BCUT2D eigenvalue weighted by Crippen LogP contribution is 2.45. The van der Waals surface area contributed by atoms with Crippen molar-refractivity contribution in [3.63, 3.8) is 0 Å². The molecule has 0 aromatic rings. The first-order valence-corrected chi connectivity index (χ1v) is 7.68. The zero-order valence-electron chi connectivity index (χ0n) is 13.1. The highest BCUT2D eigenvalue weighted by molar-refractivity contribution is 5.78. The van der Waals surface area contributed by atoms with Crippen molar-refractivity contribution in [2.45, 2.75) is 58.1 Å². The van der Waals surface area contributed by atoms with Gasteiger partial charge in [-0.05, 0) is 65.5 Å².